The lowest BCUT2D eigenvalue weighted by molar-refractivity contribution is -0.130. The van der Waals surface area contributed by atoms with Crippen molar-refractivity contribution < 1.29 is 4.79 Å². The summed E-state index contributed by atoms with van der Waals surface area (Å²) in [4.78, 5) is 17.5. The number of carbonyl (C=O) groups is 1. The van der Waals surface area contributed by atoms with Gasteiger partial charge < -0.3 is 14.8 Å². The molecule has 2 rings (SSSR count). The summed E-state index contributed by atoms with van der Waals surface area (Å²) in [7, 11) is 3.55. The maximum atomic E-state index is 11.7. The Bertz CT molecular complexity index is 395. The molecular formula is C12H20N4O. The third-order valence-electron chi connectivity index (χ3n) is 3.09. The van der Waals surface area contributed by atoms with Crippen LogP contribution in [0.25, 0.3) is 0 Å². The Kier molecular flexibility index (Phi) is 3.47. The van der Waals surface area contributed by atoms with E-state index in [1.165, 1.54) is 12.8 Å². The molecule has 1 unspecified atom stereocenters. The monoisotopic (exact) mass is 236 g/mol. The van der Waals surface area contributed by atoms with Gasteiger partial charge in [0, 0.05) is 32.9 Å². The molecule has 1 saturated carbocycles. The molecular weight excluding hydrogens is 216 g/mol. The first-order valence-corrected chi connectivity index (χ1v) is 6.05. The molecule has 1 aliphatic rings. The van der Waals surface area contributed by atoms with Crippen molar-refractivity contribution in [2.75, 3.05) is 14.1 Å². The fraction of sp³-hybridized carbons (Fsp3) is 0.667. The summed E-state index contributed by atoms with van der Waals surface area (Å²) >= 11 is 0. The zero-order valence-electron chi connectivity index (χ0n) is 10.7. The number of nitrogens with one attached hydrogen (secondary N) is 1. The smallest absolute Gasteiger partial charge is 0.238 e. The van der Waals surface area contributed by atoms with Crippen LogP contribution < -0.4 is 5.32 Å². The Morgan fingerprint density at radius 1 is 1.65 bits per heavy atom. The first-order valence-electron chi connectivity index (χ1n) is 6.05. The molecule has 1 aliphatic carbocycles. The first kappa shape index (κ1) is 12.1. The zero-order chi connectivity index (χ0) is 12.4. The Morgan fingerprint density at radius 2 is 2.35 bits per heavy atom. The fourth-order valence-electron chi connectivity index (χ4n) is 1.88. The molecule has 0 spiro atoms. The molecule has 1 aromatic heterocycles. The van der Waals surface area contributed by atoms with Crippen LogP contribution in [-0.2, 0) is 11.3 Å². The number of rotatable bonds is 5. The summed E-state index contributed by atoms with van der Waals surface area (Å²) in [6, 6.07) is 0.474. The minimum absolute atomic E-state index is 0.0995. The lowest BCUT2D eigenvalue weighted by Gasteiger charge is -2.18. The number of imidazole rings is 1. The second-order valence-electron chi connectivity index (χ2n) is 4.86. The van der Waals surface area contributed by atoms with Crippen molar-refractivity contribution in [2.45, 2.75) is 38.4 Å². The third kappa shape index (κ3) is 2.85. The lowest BCUT2D eigenvalue weighted by atomic mass is 10.3. The highest BCUT2D eigenvalue weighted by molar-refractivity contribution is 5.80. The van der Waals surface area contributed by atoms with Gasteiger partial charge in [0.15, 0.2) is 0 Å². The predicted molar refractivity (Wildman–Crippen MR) is 65.5 cm³/mol. The molecule has 0 saturated heterocycles. The number of hydrogen-bond donors (Lipinski definition) is 1. The minimum Gasteiger partial charge on any atom is -0.347 e. The molecule has 1 heterocycles. The van der Waals surface area contributed by atoms with Gasteiger partial charge in [-0.05, 0) is 19.8 Å². The average molecular weight is 236 g/mol. The van der Waals surface area contributed by atoms with E-state index in [-0.39, 0.29) is 11.9 Å². The molecule has 0 bridgehead atoms. The SMILES string of the molecule is CC(NCc1cncn1C1CC1)C(=O)N(C)C. The average Bonchev–Trinajstić information content (AvgIpc) is 3.04. The summed E-state index contributed by atoms with van der Waals surface area (Å²) in [6.07, 6.45) is 6.25. The van der Waals surface area contributed by atoms with Crippen molar-refractivity contribution in [1.29, 1.82) is 0 Å². The largest absolute Gasteiger partial charge is 0.347 e. The van der Waals surface area contributed by atoms with E-state index < -0.39 is 0 Å². The van der Waals surface area contributed by atoms with Gasteiger partial charge in [-0.1, -0.05) is 0 Å². The van der Waals surface area contributed by atoms with Crippen LogP contribution in [-0.4, -0.2) is 40.5 Å². The van der Waals surface area contributed by atoms with Crippen molar-refractivity contribution in [3.05, 3.63) is 18.2 Å². The van der Waals surface area contributed by atoms with Crippen molar-refractivity contribution >= 4 is 5.91 Å². The molecule has 0 aliphatic heterocycles. The normalized spacial score (nSPS) is 16.9. The zero-order valence-corrected chi connectivity index (χ0v) is 10.7. The van der Waals surface area contributed by atoms with E-state index >= 15 is 0 Å². The fourth-order valence-corrected chi connectivity index (χ4v) is 1.88. The Morgan fingerprint density at radius 3 is 2.94 bits per heavy atom. The van der Waals surface area contributed by atoms with Gasteiger partial charge in [0.05, 0.1) is 18.1 Å². The maximum absolute atomic E-state index is 11.7. The number of likely N-dealkylation sites (N-methyl/N-ethyl adjacent to an activating group) is 1. The second kappa shape index (κ2) is 4.87. The molecule has 1 fully saturated rings. The molecule has 0 aromatic carbocycles. The standard InChI is InChI=1S/C12H20N4O/c1-9(12(17)15(2)3)14-7-11-6-13-8-16(11)10-4-5-10/h6,8-10,14H,4-5,7H2,1-3H3. The van der Waals surface area contributed by atoms with Gasteiger partial charge in [-0.3, -0.25) is 4.79 Å². The lowest BCUT2D eigenvalue weighted by Crippen LogP contribution is -2.41. The van der Waals surface area contributed by atoms with Crippen LogP contribution in [0.2, 0.25) is 0 Å². The van der Waals surface area contributed by atoms with Crippen LogP contribution in [0.1, 0.15) is 31.5 Å². The van der Waals surface area contributed by atoms with E-state index in [0.29, 0.717) is 12.6 Å². The van der Waals surface area contributed by atoms with Crippen LogP contribution >= 0.6 is 0 Å². The van der Waals surface area contributed by atoms with E-state index in [2.05, 4.69) is 14.9 Å². The van der Waals surface area contributed by atoms with Crippen molar-refractivity contribution in [3.63, 3.8) is 0 Å². The molecule has 1 amide bonds. The molecule has 0 radical (unpaired) electrons. The molecule has 5 nitrogen and oxygen atoms in total. The third-order valence-corrected chi connectivity index (χ3v) is 3.09. The van der Waals surface area contributed by atoms with Gasteiger partial charge >= 0.3 is 0 Å². The van der Waals surface area contributed by atoms with Crippen molar-refractivity contribution in [1.82, 2.24) is 19.8 Å². The topological polar surface area (TPSA) is 50.2 Å². The van der Waals surface area contributed by atoms with Crippen LogP contribution in [0.5, 0.6) is 0 Å². The van der Waals surface area contributed by atoms with Gasteiger partial charge in [-0.2, -0.15) is 0 Å². The van der Waals surface area contributed by atoms with Gasteiger partial charge in [0.2, 0.25) is 5.91 Å². The van der Waals surface area contributed by atoms with Gasteiger partial charge in [-0.25, -0.2) is 4.98 Å². The molecule has 1 atom stereocenters. The van der Waals surface area contributed by atoms with Crippen molar-refractivity contribution in [3.8, 4) is 0 Å². The molecule has 1 aromatic rings. The highest BCUT2D eigenvalue weighted by atomic mass is 16.2. The number of nitrogens with zero attached hydrogens (tertiary/aromatic N) is 3. The Labute approximate surface area is 102 Å². The second-order valence-corrected chi connectivity index (χ2v) is 4.86. The van der Waals surface area contributed by atoms with Crippen LogP contribution in [0.15, 0.2) is 12.5 Å². The van der Waals surface area contributed by atoms with Crippen LogP contribution in [0, 0.1) is 0 Å². The first-order chi connectivity index (χ1) is 8.09. The summed E-state index contributed by atoms with van der Waals surface area (Å²) < 4.78 is 2.21. The summed E-state index contributed by atoms with van der Waals surface area (Å²) in [5.41, 5.74) is 1.16. The Hall–Kier alpha value is -1.36. The summed E-state index contributed by atoms with van der Waals surface area (Å²) in [5.74, 6) is 0.0995. The van der Waals surface area contributed by atoms with Crippen LogP contribution in [0.4, 0.5) is 0 Å². The predicted octanol–water partition coefficient (Wildman–Crippen LogP) is 0.784. The van der Waals surface area contributed by atoms with Gasteiger partial charge in [0.1, 0.15) is 0 Å². The highest BCUT2D eigenvalue weighted by Gasteiger charge is 2.25. The summed E-state index contributed by atoms with van der Waals surface area (Å²) in [5, 5.41) is 3.24. The summed E-state index contributed by atoms with van der Waals surface area (Å²) in [6.45, 7) is 2.58. The quantitative estimate of drug-likeness (QED) is 0.822. The number of carbonyl (C=O) groups excluding carboxylic acids is 1. The number of amides is 1. The van der Waals surface area contributed by atoms with E-state index in [0.717, 1.165) is 5.69 Å². The van der Waals surface area contributed by atoms with E-state index in [1.54, 1.807) is 19.0 Å². The van der Waals surface area contributed by atoms with E-state index in [1.807, 2.05) is 19.4 Å². The van der Waals surface area contributed by atoms with E-state index in [4.69, 9.17) is 0 Å². The molecule has 94 valence electrons. The van der Waals surface area contributed by atoms with Gasteiger partial charge in [0.25, 0.3) is 0 Å². The number of hydrogen-bond acceptors (Lipinski definition) is 3. The van der Waals surface area contributed by atoms with Crippen molar-refractivity contribution in [2.24, 2.45) is 0 Å². The Balaban J connectivity index is 1.89. The molecule has 17 heavy (non-hydrogen) atoms. The highest BCUT2D eigenvalue weighted by Crippen LogP contribution is 2.35. The maximum Gasteiger partial charge on any atom is 0.238 e. The van der Waals surface area contributed by atoms with Crippen LogP contribution in [0.3, 0.4) is 0 Å². The minimum atomic E-state index is -0.160. The molecule has 5 heteroatoms. The van der Waals surface area contributed by atoms with Gasteiger partial charge in [-0.15, -0.1) is 0 Å². The number of aromatic nitrogens is 2. The molecule has 1 N–H and O–H groups in total. The van der Waals surface area contributed by atoms with E-state index in [9.17, 15) is 4.79 Å².